The predicted octanol–water partition coefficient (Wildman–Crippen LogP) is 3.90. The topological polar surface area (TPSA) is 9.23 Å². The summed E-state index contributed by atoms with van der Waals surface area (Å²) in [6, 6.07) is 18.7. The van der Waals surface area contributed by atoms with Crippen molar-refractivity contribution in [1.82, 2.24) is 0 Å². The molecule has 0 spiro atoms. The molecule has 2 aromatic rings. The second-order valence-electron chi connectivity index (χ2n) is 4.94. The van der Waals surface area contributed by atoms with Crippen LogP contribution in [0, 0.1) is 0 Å². The van der Waals surface area contributed by atoms with Gasteiger partial charge >= 0.3 is 0 Å². The molecule has 0 saturated heterocycles. The van der Waals surface area contributed by atoms with Crippen molar-refractivity contribution in [2.24, 2.45) is 0 Å². The lowest BCUT2D eigenvalue weighted by atomic mass is 9.74. The summed E-state index contributed by atoms with van der Waals surface area (Å²) in [6.45, 7) is 4.38. The second-order valence-corrected chi connectivity index (χ2v) is 4.94. The fourth-order valence-corrected chi connectivity index (χ4v) is 2.71. The molecule has 0 saturated carbocycles. The van der Waals surface area contributed by atoms with Crippen LogP contribution in [0.1, 0.15) is 11.1 Å². The zero-order valence-corrected chi connectivity index (χ0v) is 10.8. The SMILES string of the molecule is C=C=CC1(c2ccccc2)COc2ccccc2C1. The van der Waals surface area contributed by atoms with Gasteiger partial charge in [-0.25, -0.2) is 0 Å². The minimum Gasteiger partial charge on any atom is -0.492 e. The zero-order valence-electron chi connectivity index (χ0n) is 10.8. The summed E-state index contributed by atoms with van der Waals surface area (Å²) >= 11 is 0. The van der Waals surface area contributed by atoms with Gasteiger partial charge in [-0.1, -0.05) is 55.1 Å². The lowest BCUT2D eigenvalue weighted by molar-refractivity contribution is 0.220. The van der Waals surface area contributed by atoms with Gasteiger partial charge in [0.05, 0.1) is 5.41 Å². The van der Waals surface area contributed by atoms with Gasteiger partial charge in [-0.15, -0.1) is 5.73 Å². The molecular formula is C18H16O. The van der Waals surface area contributed by atoms with Crippen molar-refractivity contribution in [2.75, 3.05) is 6.61 Å². The van der Waals surface area contributed by atoms with Crippen LogP contribution in [-0.2, 0) is 11.8 Å². The maximum atomic E-state index is 5.95. The first kappa shape index (κ1) is 11.8. The summed E-state index contributed by atoms with van der Waals surface area (Å²) in [5, 5.41) is 0. The first-order valence-electron chi connectivity index (χ1n) is 6.47. The molecule has 0 aromatic heterocycles. The highest BCUT2D eigenvalue weighted by Gasteiger charge is 2.35. The summed E-state index contributed by atoms with van der Waals surface area (Å²) in [4.78, 5) is 0. The van der Waals surface area contributed by atoms with Gasteiger partial charge in [-0.3, -0.25) is 0 Å². The number of ether oxygens (including phenoxy) is 1. The Hall–Kier alpha value is -2.24. The van der Waals surface area contributed by atoms with Crippen LogP contribution >= 0.6 is 0 Å². The van der Waals surface area contributed by atoms with Crippen LogP contribution in [0.4, 0.5) is 0 Å². The average molecular weight is 248 g/mol. The van der Waals surface area contributed by atoms with Crippen LogP contribution in [0.2, 0.25) is 0 Å². The highest BCUT2D eigenvalue weighted by atomic mass is 16.5. The Bertz CT molecular complexity index is 623. The number of hydrogen-bond donors (Lipinski definition) is 0. The van der Waals surface area contributed by atoms with E-state index in [0.717, 1.165) is 12.2 Å². The van der Waals surface area contributed by atoms with E-state index in [1.807, 2.05) is 24.3 Å². The lowest BCUT2D eigenvalue weighted by Crippen LogP contribution is -2.37. The normalized spacial score (nSPS) is 20.8. The third kappa shape index (κ3) is 2.09. The van der Waals surface area contributed by atoms with Crippen molar-refractivity contribution in [3.63, 3.8) is 0 Å². The molecule has 1 atom stereocenters. The molecule has 1 aliphatic rings. The zero-order chi connectivity index (χ0) is 13.1. The maximum absolute atomic E-state index is 5.95. The van der Waals surface area contributed by atoms with Crippen LogP contribution in [0.25, 0.3) is 0 Å². The third-order valence-electron chi connectivity index (χ3n) is 3.69. The fraction of sp³-hybridized carbons (Fsp3) is 0.167. The molecule has 19 heavy (non-hydrogen) atoms. The molecule has 1 unspecified atom stereocenters. The monoisotopic (exact) mass is 248 g/mol. The maximum Gasteiger partial charge on any atom is 0.122 e. The van der Waals surface area contributed by atoms with E-state index < -0.39 is 0 Å². The number of para-hydroxylation sites is 1. The molecule has 2 aromatic carbocycles. The number of rotatable bonds is 2. The van der Waals surface area contributed by atoms with E-state index in [1.165, 1.54) is 11.1 Å². The Balaban J connectivity index is 2.08. The standard InChI is InChI=1S/C18H16O/c1-2-12-18(16-9-4-3-5-10-16)13-15-8-6-7-11-17(15)19-14-18/h3-12H,1,13-14H2. The molecule has 0 aliphatic carbocycles. The van der Waals surface area contributed by atoms with Gasteiger partial charge < -0.3 is 4.74 Å². The van der Waals surface area contributed by atoms with Gasteiger partial charge in [0.25, 0.3) is 0 Å². The highest BCUT2D eigenvalue weighted by molar-refractivity contribution is 5.43. The Kier molecular flexibility index (Phi) is 2.98. The molecule has 0 radical (unpaired) electrons. The average Bonchev–Trinajstić information content (AvgIpc) is 2.48. The van der Waals surface area contributed by atoms with Crippen molar-refractivity contribution in [2.45, 2.75) is 11.8 Å². The molecule has 1 heteroatoms. The predicted molar refractivity (Wildman–Crippen MR) is 77.5 cm³/mol. The summed E-state index contributed by atoms with van der Waals surface area (Å²) < 4.78 is 5.95. The van der Waals surface area contributed by atoms with Crippen LogP contribution in [0.5, 0.6) is 5.75 Å². The molecule has 0 fully saturated rings. The highest BCUT2D eigenvalue weighted by Crippen LogP contribution is 2.37. The number of benzene rings is 2. The molecule has 0 bridgehead atoms. The molecular weight excluding hydrogens is 232 g/mol. The summed E-state index contributed by atoms with van der Waals surface area (Å²) in [5.74, 6) is 0.992. The quantitative estimate of drug-likeness (QED) is 0.732. The van der Waals surface area contributed by atoms with E-state index in [4.69, 9.17) is 4.74 Å². The van der Waals surface area contributed by atoms with Crippen molar-refractivity contribution >= 4 is 0 Å². The van der Waals surface area contributed by atoms with Gasteiger partial charge in [-0.2, -0.15) is 0 Å². The second kappa shape index (κ2) is 4.79. The molecule has 1 heterocycles. The Morgan fingerprint density at radius 1 is 1.05 bits per heavy atom. The Morgan fingerprint density at radius 2 is 1.79 bits per heavy atom. The minimum absolute atomic E-state index is 0.155. The van der Waals surface area contributed by atoms with E-state index in [2.05, 4.69) is 48.7 Å². The first-order valence-corrected chi connectivity index (χ1v) is 6.47. The largest absolute Gasteiger partial charge is 0.492 e. The molecule has 0 N–H and O–H groups in total. The van der Waals surface area contributed by atoms with E-state index in [-0.39, 0.29) is 5.41 Å². The van der Waals surface area contributed by atoms with Crippen molar-refractivity contribution in [3.8, 4) is 5.75 Å². The van der Waals surface area contributed by atoms with Crippen molar-refractivity contribution in [3.05, 3.63) is 84.1 Å². The molecule has 3 rings (SSSR count). The van der Waals surface area contributed by atoms with Gasteiger partial charge in [0.15, 0.2) is 0 Å². The van der Waals surface area contributed by atoms with E-state index in [0.29, 0.717) is 6.61 Å². The van der Waals surface area contributed by atoms with Crippen LogP contribution in [-0.4, -0.2) is 6.61 Å². The molecule has 94 valence electrons. The number of fused-ring (bicyclic) bond motifs is 1. The van der Waals surface area contributed by atoms with E-state index in [1.54, 1.807) is 0 Å². The van der Waals surface area contributed by atoms with Gasteiger partial charge in [0.2, 0.25) is 0 Å². The number of hydrogen-bond acceptors (Lipinski definition) is 1. The van der Waals surface area contributed by atoms with E-state index >= 15 is 0 Å². The third-order valence-corrected chi connectivity index (χ3v) is 3.69. The fourth-order valence-electron chi connectivity index (χ4n) is 2.71. The van der Waals surface area contributed by atoms with Crippen molar-refractivity contribution in [1.29, 1.82) is 0 Å². The van der Waals surface area contributed by atoms with Gasteiger partial charge in [0.1, 0.15) is 12.4 Å². The van der Waals surface area contributed by atoms with Crippen LogP contribution in [0.3, 0.4) is 0 Å². The van der Waals surface area contributed by atoms with Crippen LogP contribution in [0.15, 0.2) is 73.0 Å². The van der Waals surface area contributed by atoms with Crippen LogP contribution < -0.4 is 4.74 Å². The first-order chi connectivity index (χ1) is 9.34. The van der Waals surface area contributed by atoms with Crippen molar-refractivity contribution < 1.29 is 4.74 Å². The molecule has 1 nitrogen and oxygen atoms in total. The Labute approximate surface area is 113 Å². The Morgan fingerprint density at radius 3 is 2.58 bits per heavy atom. The summed E-state index contributed by atoms with van der Waals surface area (Å²) in [6.07, 6.45) is 2.97. The van der Waals surface area contributed by atoms with Gasteiger partial charge in [-0.05, 0) is 29.7 Å². The summed E-state index contributed by atoms with van der Waals surface area (Å²) in [5.41, 5.74) is 5.29. The smallest absolute Gasteiger partial charge is 0.122 e. The molecule has 0 amide bonds. The lowest BCUT2D eigenvalue weighted by Gasteiger charge is -2.35. The van der Waals surface area contributed by atoms with E-state index in [9.17, 15) is 0 Å². The summed E-state index contributed by atoms with van der Waals surface area (Å²) in [7, 11) is 0. The molecule has 1 aliphatic heterocycles. The minimum atomic E-state index is -0.155. The van der Waals surface area contributed by atoms with Gasteiger partial charge in [0, 0.05) is 0 Å².